The summed E-state index contributed by atoms with van der Waals surface area (Å²) in [4.78, 5) is 13.6. The lowest BCUT2D eigenvalue weighted by molar-refractivity contribution is 0.0601. The SMILES string of the molecule is COC(=O)c1ccc(N(C)CCC2CCCN2)cc1. The van der Waals surface area contributed by atoms with Crippen LogP contribution in [0.5, 0.6) is 0 Å². The van der Waals surface area contributed by atoms with E-state index in [0.717, 1.165) is 25.2 Å². The molecule has 2 rings (SSSR count). The monoisotopic (exact) mass is 262 g/mol. The summed E-state index contributed by atoms with van der Waals surface area (Å²) < 4.78 is 4.69. The Hall–Kier alpha value is -1.55. The Bertz CT molecular complexity index is 411. The topological polar surface area (TPSA) is 41.6 Å². The fourth-order valence-corrected chi connectivity index (χ4v) is 2.45. The summed E-state index contributed by atoms with van der Waals surface area (Å²) in [6.45, 7) is 2.18. The molecule has 1 aliphatic rings. The number of hydrogen-bond donors (Lipinski definition) is 1. The van der Waals surface area contributed by atoms with Gasteiger partial charge in [0.05, 0.1) is 12.7 Å². The molecule has 1 heterocycles. The summed E-state index contributed by atoms with van der Waals surface area (Å²) in [5, 5.41) is 3.51. The van der Waals surface area contributed by atoms with E-state index in [-0.39, 0.29) is 5.97 Å². The van der Waals surface area contributed by atoms with Gasteiger partial charge in [-0.05, 0) is 50.1 Å². The van der Waals surface area contributed by atoms with Crippen LogP contribution in [0.1, 0.15) is 29.6 Å². The average Bonchev–Trinajstić information content (AvgIpc) is 2.97. The lowest BCUT2D eigenvalue weighted by Crippen LogP contribution is -2.28. The fourth-order valence-electron chi connectivity index (χ4n) is 2.45. The maximum atomic E-state index is 11.4. The van der Waals surface area contributed by atoms with Crippen LogP contribution in [-0.2, 0) is 4.74 Å². The van der Waals surface area contributed by atoms with Crippen LogP contribution in [0.15, 0.2) is 24.3 Å². The van der Waals surface area contributed by atoms with E-state index < -0.39 is 0 Å². The number of hydrogen-bond acceptors (Lipinski definition) is 4. The van der Waals surface area contributed by atoms with Gasteiger partial charge in [0, 0.05) is 25.3 Å². The van der Waals surface area contributed by atoms with Gasteiger partial charge in [0.1, 0.15) is 0 Å². The summed E-state index contributed by atoms with van der Waals surface area (Å²) in [5.41, 5.74) is 1.72. The third-order valence-corrected chi connectivity index (χ3v) is 3.70. The molecule has 1 atom stereocenters. The van der Waals surface area contributed by atoms with Gasteiger partial charge >= 0.3 is 5.97 Å². The van der Waals surface area contributed by atoms with Crippen molar-refractivity contribution in [2.45, 2.75) is 25.3 Å². The van der Waals surface area contributed by atoms with Crippen LogP contribution in [0.25, 0.3) is 0 Å². The second kappa shape index (κ2) is 6.57. The van der Waals surface area contributed by atoms with Crippen molar-refractivity contribution in [2.24, 2.45) is 0 Å². The molecule has 1 aromatic rings. The van der Waals surface area contributed by atoms with Crippen molar-refractivity contribution in [3.63, 3.8) is 0 Å². The molecule has 0 spiro atoms. The van der Waals surface area contributed by atoms with Crippen molar-refractivity contribution in [3.05, 3.63) is 29.8 Å². The molecule has 4 heteroatoms. The van der Waals surface area contributed by atoms with Gasteiger partial charge in [0.2, 0.25) is 0 Å². The molecule has 1 aromatic carbocycles. The number of methoxy groups -OCH3 is 1. The molecular weight excluding hydrogens is 240 g/mol. The largest absolute Gasteiger partial charge is 0.465 e. The highest BCUT2D eigenvalue weighted by atomic mass is 16.5. The van der Waals surface area contributed by atoms with Gasteiger partial charge in [-0.3, -0.25) is 0 Å². The maximum absolute atomic E-state index is 11.4. The highest BCUT2D eigenvalue weighted by Crippen LogP contribution is 2.16. The molecule has 1 aliphatic heterocycles. The molecule has 1 saturated heterocycles. The van der Waals surface area contributed by atoms with Crippen molar-refractivity contribution >= 4 is 11.7 Å². The molecule has 0 saturated carbocycles. The van der Waals surface area contributed by atoms with E-state index in [0.29, 0.717) is 11.6 Å². The molecule has 0 bridgehead atoms. The Kier molecular flexibility index (Phi) is 4.80. The second-order valence-corrected chi connectivity index (χ2v) is 5.04. The van der Waals surface area contributed by atoms with Crippen LogP contribution in [0.4, 0.5) is 5.69 Å². The fraction of sp³-hybridized carbons (Fsp3) is 0.533. The van der Waals surface area contributed by atoms with Crippen molar-refractivity contribution in [1.82, 2.24) is 5.32 Å². The van der Waals surface area contributed by atoms with Crippen LogP contribution >= 0.6 is 0 Å². The molecule has 4 nitrogen and oxygen atoms in total. The number of nitrogens with zero attached hydrogens (tertiary/aromatic N) is 1. The average molecular weight is 262 g/mol. The van der Waals surface area contributed by atoms with Crippen molar-refractivity contribution in [1.29, 1.82) is 0 Å². The predicted molar refractivity (Wildman–Crippen MR) is 76.7 cm³/mol. The van der Waals surface area contributed by atoms with Crippen LogP contribution in [0.3, 0.4) is 0 Å². The molecular formula is C15H22N2O2. The molecule has 104 valence electrons. The first kappa shape index (κ1) is 13.9. The molecule has 0 radical (unpaired) electrons. The van der Waals surface area contributed by atoms with E-state index in [9.17, 15) is 4.79 Å². The molecule has 1 unspecified atom stereocenters. The first-order chi connectivity index (χ1) is 9.20. The summed E-state index contributed by atoms with van der Waals surface area (Å²) in [7, 11) is 3.49. The number of carbonyl (C=O) groups is 1. The Morgan fingerprint density at radius 2 is 2.16 bits per heavy atom. The summed E-state index contributed by atoms with van der Waals surface area (Å²) >= 11 is 0. The van der Waals surface area contributed by atoms with Gasteiger partial charge in [0.15, 0.2) is 0 Å². The van der Waals surface area contributed by atoms with Crippen LogP contribution in [0, 0.1) is 0 Å². The van der Waals surface area contributed by atoms with Gasteiger partial charge in [-0.2, -0.15) is 0 Å². The zero-order valence-electron chi connectivity index (χ0n) is 11.7. The highest BCUT2D eigenvalue weighted by Gasteiger charge is 2.14. The highest BCUT2D eigenvalue weighted by molar-refractivity contribution is 5.89. The van der Waals surface area contributed by atoms with Gasteiger partial charge < -0.3 is 15.0 Å². The number of benzene rings is 1. The third-order valence-electron chi connectivity index (χ3n) is 3.70. The lowest BCUT2D eigenvalue weighted by Gasteiger charge is -2.21. The number of rotatable bonds is 5. The molecule has 0 aliphatic carbocycles. The maximum Gasteiger partial charge on any atom is 0.337 e. The van der Waals surface area contributed by atoms with E-state index in [1.165, 1.54) is 20.0 Å². The minimum atomic E-state index is -0.288. The standard InChI is InChI=1S/C15H22N2O2/c1-17(11-9-13-4-3-10-16-13)14-7-5-12(6-8-14)15(18)19-2/h5-8,13,16H,3-4,9-11H2,1-2H3. The first-order valence-electron chi connectivity index (χ1n) is 6.83. The molecule has 0 aromatic heterocycles. The quantitative estimate of drug-likeness (QED) is 0.825. The van der Waals surface area contributed by atoms with Crippen molar-refractivity contribution in [3.8, 4) is 0 Å². The zero-order valence-corrected chi connectivity index (χ0v) is 11.7. The van der Waals surface area contributed by atoms with E-state index >= 15 is 0 Å². The Morgan fingerprint density at radius 3 is 2.74 bits per heavy atom. The number of ether oxygens (including phenoxy) is 1. The molecule has 0 amide bonds. The Balaban J connectivity index is 1.87. The van der Waals surface area contributed by atoms with Gasteiger partial charge in [-0.1, -0.05) is 0 Å². The van der Waals surface area contributed by atoms with Crippen molar-refractivity contribution in [2.75, 3.05) is 32.1 Å². The van der Waals surface area contributed by atoms with E-state index in [1.54, 1.807) is 0 Å². The van der Waals surface area contributed by atoms with Crippen molar-refractivity contribution < 1.29 is 9.53 Å². The Morgan fingerprint density at radius 1 is 1.42 bits per heavy atom. The van der Waals surface area contributed by atoms with Gasteiger partial charge in [-0.25, -0.2) is 4.79 Å². The van der Waals surface area contributed by atoms with E-state index in [1.807, 2.05) is 24.3 Å². The normalized spacial score (nSPS) is 18.3. The number of esters is 1. The van der Waals surface area contributed by atoms with Crippen LogP contribution in [0.2, 0.25) is 0 Å². The first-order valence-corrected chi connectivity index (χ1v) is 6.83. The lowest BCUT2D eigenvalue weighted by atomic mass is 10.1. The van der Waals surface area contributed by atoms with Crippen LogP contribution in [-0.4, -0.2) is 39.3 Å². The number of nitrogens with one attached hydrogen (secondary N) is 1. The number of carbonyl (C=O) groups excluding carboxylic acids is 1. The van der Waals surface area contributed by atoms with Crippen LogP contribution < -0.4 is 10.2 Å². The molecule has 1 fully saturated rings. The van der Waals surface area contributed by atoms with Gasteiger partial charge in [0.25, 0.3) is 0 Å². The second-order valence-electron chi connectivity index (χ2n) is 5.04. The number of anilines is 1. The summed E-state index contributed by atoms with van der Waals surface area (Å²) in [6.07, 6.45) is 3.74. The molecule has 19 heavy (non-hydrogen) atoms. The van der Waals surface area contributed by atoms with Gasteiger partial charge in [-0.15, -0.1) is 0 Å². The van der Waals surface area contributed by atoms with E-state index in [4.69, 9.17) is 4.74 Å². The predicted octanol–water partition coefficient (Wildman–Crippen LogP) is 2.05. The minimum absolute atomic E-state index is 0.288. The zero-order chi connectivity index (χ0) is 13.7. The molecule has 1 N–H and O–H groups in total. The third kappa shape index (κ3) is 3.70. The summed E-state index contributed by atoms with van der Waals surface area (Å²) in [5.74, 6) is -0.288. The minimum Gasteiger partial charge on any atom is -0.465 e. The van der Waals surface area contributed by atoms with E-state index in [2.05, 4.69) is 17.3 Å². The summed E-state index contributed by atoms with van der Waals surface area (Å²) in [6, 6.07) is 8.22. The Labute approximate surface area is 114 Å². The smallest absolute Gasteiger partial charge is 0.337 e.